The Kier molecular flexibility index (Phi) is 1.97. The van der Waals surface area contributed by atoms with Crippen LogP contribution >= 0.6 is 0 Å². The Hall–Kier alpha value is -0.820. The van der Waals surface area contributed by atoms with E-state index in [4.69, 9.17) is 4.74 Å². The molecular formula is C7H8F3NO3. The van der Waals surface area contributed by atoms with Crippen molar-refractivity contribution >= 4 is 5.97 Å². The smallest absolute Gasteiger partial charge is 0.435 e. The molecule has 2 unspecified atom stereocenters. The van der Waals surface area contributed by atoms with Crippen molar-refractivity contribution in [3.63, 3.8) is 0 Å². The van der Waals surface area contributed by atoms with E-state index in [9.17, 15) is 18.0 Å². The lowest BCUT2D eigenvalue weighted by atomic mass is 9.91. The van der Waals surface area contributed by atoms with Gasteiger partial charge in [0.15, 0.2) is 5.72 Å². The van der Waals surface area contributed by atoms with Crippen molar-refractivity contribution in [2.45, 2.75) is 24.4 Å². The first-order valence-corrected chi connectivity index (χ1v) is 4.07. The normalized spacial score (nSPS) is 36.1. The number of ether oxygens (including phenoxy) is 2. The molecule has 0 aliphatic carbocycles. The van der Waals surface area contributed by atoms with Crippen molar-refractivity contribution in [1.29, 1.82) is 0 Å². The molecule has 7 heteroatoms. The summed E-state index contributed by atoms with van der Waals surface area (Å²) in [7, 11) is 0. The molecule has 0 spiro atoms. The van der Waals surface area contributed by atoms with Crippen molar-refractivity contribution in [2.24, 2.45) is 0 Å². The Balaban J connectivity index is 1.95. The Morgan fingerprint density at radius 2 is 2.21 bits per heavy atom. The molecule has 2 atom stereocenters. The van der Waals surface area contributed by atoms with Gasteiger partial charge in [-0.25, -0.2) is 4.79 Å². The first-order valence-electron chi connectivity index (χ1n) is 4.07. The molecule has 0 radical (unpaired) electrons. The zero-order valence-corrected chi connectivity index (χ0v) is 7.06. The van der Waals surface area contributed by atoms with Crippen LogP contribution < -0.4 is 5.32 Å². The van der Waals surface area contributed by atoms with Crippen LogP contribution in [0.15, 0.2) is 0 Å². The topological polar surface area (TPSA) is 47.6 Å². The van der Waals surface area contributed by atoms with Gasteiger partial charge in [0, 0.05) is 12.5 Å². The fraction of sp³-hybridized carbons (Fsp3) is 0.857. The van der Waals surface area contributed by atoms with Gasteiger partial charge in [0.2, 0.25) is 0 Å². The molecule has 3 fully saturated rings. The van der Waals surface area contributed by atoms with Gasteiger partial charge < -0.3 is 9.47 Å². The Labute approximate surface area is 77.4 Å². The minimum absolute atomic E-state index is 0.00443. The average molecular weight is 211 g/mol. The average Bonchev–Trinajstić information content (AvgIpc) is 2.01. The first-order chi connectivity index (χ1) is 6.41. The largest absolute Gasteiger partial charge is 0.490 e. The maximum absolute atomic E-state index is 11.8. The van der Waals surface area contributed by atoms with E-state index in [2.05, 4.69) is 10.1 Å². The van der Waals surface area contributed by atoms with Crippen LogP contribution in [0.4, 0.5) is 13.2 Å². The molecule has 14 heavy (non-hydrogen) atoms. The van der Waals surface area contributed by atoms with Crippen LogP contribution in [0.2, 0.25) is 0 Å². The molecule has 3 heterocycles. The van der Waals surface area contributed by atoms with E-state index in [1.165, 1.54) is 0 Å². The molecule has 0 amide bonds. The third-order valence-corrected chi connectivity index (χ3v) is 2.22. The molecule has 4 nitrogen and oxygen atoms in total. The molecule has 3 aliphatic rings. The van der Waals surface area contributed by atoms with Crippen LogP contribution in [0.1, 0.15) is 6.42 Å². The highest BCUT2D eigenvalue weighted by Gasteiger charge is 2.54. The summed E-state index contributed by atoms with van der Waals surface area (Å²) in [4.78, 5) is 10.5. The van der Waals surface area contributed by atoms with Crippen molar-refractivity contribution in [3.05, 3.63) is 0 Å². The Morgan fingerprint density at radius 3 is 2.64 bits per heavy atom. The number of carbonyl (C=O) groups is 1. The summed E-state index contributed by atoms with van der Waals surface area (Å²) in [6, 6.07) is 0.00443. The Morgan fingerprint density at radius 1 is 1.57 bits per heavy atom. The van der Waals surface area contributed by atoms with Gasteiger partial charge in [-0.1, -0.05) is 0 Å². The van der Waals surface area contributed by atoms with Crippen molar-refractivity contribution < 1.29 is 27.4 Å². The van der Waals surface area contributed by atoms with Gasteiger partial charge >= 0.3 is 12.1 Å². The van der Waals surface area contributed by atoms with Crippen LogP contribution in [0, 0.1) is 0 Å². The van der Waals surface area contributed by atoms with E-state index in [-0.39, 0.29) is 12.6 Å². The summed E-state index contributed by atoms with van der Waals surface area (Å²) in [5.41, 5.74) is -1.24. The highest BCUT2D eigenvalue weighted by molar-refractivity contribution is 5.76. The van der Waals surface area contributed by atoms with Crippen molar-refractivity contribution in [2.75, 3.05) is 13.2 Å². The summed E-state index contributed by atoms with van der Waals surface area (Å²) in [6.45, 7) is 0.427. The van der Waals surface area contributed by atoms with Gasteiger partial charge in [-0.05, 0) is 0 Å². The number of morpholine rings is 1. The molecule has 0 aromatic carbocycles. The molecule has 0 aromatic heterocycles. The third-order valence-electron chi connectivity index (χ3n) is 2.22. The van der Waals surface area contributed by atoms with Gasteiger partial charge in [0.05, 0.1) is 6.61 Å². The molecule has 2 bridgehead atoms. The monoisotopic (exact) mass is 211 g/mol. The second-order valence-electron chi connectivity index (χ2n) is 3.44. The molecule has 0 aromatic rings. The van der Waals surface area contributed by atoms with Crippen LogP contribution in [-0.4, -0.2) is 37.1 Å². The van der Waals surface area contributed by atoms with Gasteiger partial charge in [0.1, 0.15) is 6.61 Å². The fourth-order valence-electron chi connectivity index (χ4n) is 1.65. The molecule has 80 valence electrons. The quantitative estimate of drug-likeness (QED) is 0.628. The summed E-state index contributed by atoms with van der Waals surface area (Å²) >= 11 is 0. The fourth-order valence-corrected chi connectivity index (χ4v) is 1.65. The van der Waals surface area contributed by atoms with Gasteiger partial charge in [-0.2, -0.15) is 13.2 Å². The van der Waals surface area contributed by atoms with Crippen molar-refractivity contribution in [3.8, 4) is 0 Å². The van der Waals surface area contributed by atoms with E-state index >= 15 is 0 Å². The van der Waals surface area contributed by atoms with E-state index in [0.29, 0.717) is 13.0 Å². The minimum Gasteiger partial charge on any atom is -0.435 e. The van der Waals surface area contributed by atoms with E-state index in [1.807, 2.05) is 0 Å². The lowest BCUT2D eigenvalue weighted by molar-refractivity contribution is -0.252. The maximum Gasteiger partial charge on any atom is 0.490 e. The molecule has 3 rings (SSSR count). The number of nitrogens with one attached hydrogen (secondary N) is 1. The molecule has 0 saturated carbocycles. The zero-order chi connectivity index (χ0) is 10.4. The SMILES string of the molecule is O=C(OC12COCC(C1)N2)C(F)(F)F. The second-order valence-corrected chi connectivity index (χ2v) is 3.44. The molecule has 1 N–H and O–H groups in total. The maximum atomic E-state index is 11.8. The van der Waals surface area contributed by atoms with E-state index in [0.717, 1.165) is 0 Å². The summed E-state index contributed by atoms with van der Waals surface area (Å²) in [5.74, 6) is -2.17. The Bertz CT molecular complexity index is 254. The van der Waals surface area contributed by atoms with Gasteiger partial charge in [-0.15, -0.1) is 0 Å². The predicted molar refractivity (Wildman–Crippen MR) is 37.2 cm³/mol. The summed E-state index contributed by atoms with van der Waals surface area (Å²) in [6.07, 6.45) is -4.56. The number of hydrogen-bond acceptors (Lipinski definition) is 4. The van der Waals surface area contributed by atoms with Gasteiger partial charge in [-0.3, -0.25) is 5.32 Å². The van der Waals surface area contributed by atoms with E-state index < -0.39 is 17.9 Å². The van der Waals surface area contributed by atoms with Gasteiger partial charge in [0.25, 0.3) is 0 Å². The number of fused-ring (bicyclic) bond motifs is 2. The lowest BCUT2D eigenvalue weighted by Crippen LogP contribution is -2.73. The van der Waals surface area contributed by atoms with E-state index in [1.54, 1.807) is 0 Å². The zero-order valence-electron chi connectivity index (χ0n) is 7.06. The molecule has 3 aliphatic heterocycles. The summed E-state index contributed by atoms with van der Waals surface area (Å²) < 4.78 is 44.8. The number of carbonyl (C=O) groups excluding carboxylic acids is 1. The third kappa shape index (κ3) is 1.57. The van der Waals surface area contributed by atoms with Crippen LogP contribution in [0.3, 0.4) is 0 Å². The number of hydrogen-bond donors (Lipinski definition) is 1. The lowest BCUT2D eigenvalue weighted by Gasteiger charge is -2.51. The number of halogens is 3. The van der Waals surface area contributed by atoms with Crippen LogP contribution in [0.5, 0.6) is 0 Å². The first kappa shape index (κ1) is 9.72. The number of esters is 1. The van der Waals surface area contributed by atoms with Crippen LogP contribution in [0.25, 0.3) is 0 Å². The predicted octanol–water partition coefficient (Wildman–Crippen LogP) is 0.180. The standard InChI is InChI=1S/C7H8F3NO3/c8-7(9,10)5(12)14-6-1-4(11-6)2-13-3-6/h4,11H,1-3H2. The minimum atomic E-state index is -4.95. The highest BCUT2D eigenvalue weighted by atomic mass is 19.4. The molecule has 3 saturated heterocycles. The summed E-state index contributed by atoms with van der Waals surface area (Å²) in [5, 5.41) is 2.73. The number of rotatable bonds is 1. The van der Waals surface area contributed by atoms with Crippen LogP contribution in [-0.2, 0) is 14.3 Å². The molecular weight excluding hydrogens is 203 g/mol. The second kappa shape index (κ2) is 2.83. The highest BCUT2D eigenvalue weighted by Crippen LogP contribution is 2.33. The number of alkyl halides is 3. The van der Waals surface area contributed by atoms with Crippen molar-refractivity contribution in [1.82, 2.24) is 5.32 Å².